The van der Waals surface area contributed by atoms with Gasteiger partial charge in [-0.3, -0.25) is 4.79 Å². The predicted molar refractivity (Wildman–Crippen MR) is 76.7 cm³/mol. The first kappa shape index (κ1) is 14.0. The fraction of sp³-hybridized carbons (Fsp3) is 0.250. The largest absolute Gasteiger partial charge is 0.351 e. The Hall–Kier alpha value is -1.44. The molecule has 0 atom stereocenters. The molecule has 0 saturated carbocycles. The molecular formula is C12H14N2O3S2. The van der Waals surface area contributed by atoms with Crippen molar-refractivity contribution in [3.8, 4) is 0 Å². The summed E-state index contributed by atoms with van der Waals surface area (Å²) in [5, 5.41) is 8.59. The number of benzene rings is 1. The Balaban J connectivity index is 1.93. The molecule has 2 aromatic rings. The molecule has 1 aromatic carbocycles. The van der Waals surface area contributed by atoms with E-state index in [0.717, 1.165) is 10.1 Å². The summed E-state index contributed by atoms with van der Waals surface area (Å²) >= 11 is 1.41. The van der Waals surface area contributed by atoms with Crippen molar-refractivity contribution < 1.29 is 13.2 Å². The lowest BCUT2D eigenvalue weighted by molar-refractivity contribution is 0.0958. The maximum Gasteiger partial charge on any atom is 0.261 e. The van der Waals surface area contributed by atoms with Crippen molar-refractivity contribution in [3.05, 3.63) is 35.2 Å². The Morgan fingerprint density at radius 2 is 2.05 bits per heavy atom. The number of rotatable bonds is 5. The van der Waals surface area contributed by atoms with E-state index < -0.39 is 10.0 Å². The second kappa shape index (κ2) is 5.68. The lowest BCUT2D eigenvalue weighted by Crippen LogP contribution is -2.26. The minimum Gasteiger partial charge on any atom is -0.351 e. The van der Waals surface area contributed by atoms with E-state index in [0.29, 0.717) is 17.8 Å². The molecule has 0 spiro atoms. The summed E-state index contributed by atoms with van der Waals surface area (Å²) < 4.78 is 22.5. The summed E-state index contributed by atoms with van der Waals surface area (Å²) in [5.41, 5.74) is 0. The standard InChI is InChI=1S/C12H14N2O3S2/c13-19(16,17)7-3-6-14-12(15)11-8-9-4-1-2-5-10(9)18-11/h1-2,4-5,8H,3,6-7H2,(H,14,15)(H2,13,16,17). The van der Waals surface area contributed by atoms with Crippen molar-refractivity contribution in [3.63, 3.8) is 0 Å². The van der Waals surface area contributed by atoms with Crippen molar-refractivity contribution in [2.45, 2.75) is 6.42 Å². The molecule has 0 saturated heterocycles. The first-order chi connectivity index (χ1) is 8.96. The number of fused-ring (bicyclic) bond motifs is 1. The molecule has 1 aromatic heterocycles. The number of amides is 1. The highest BCUT2D eigenvalue weighted by Crippen LogP contribution is 2.24. The van der Waals surface area contributed by atoms with Gasteiger partial charge in [0, 0.05) is 11.2 Å². The van der Waals surface area contributed by atoms with E-state index in [-0.39, 0.29) is 11.7 Å². The molecule has 0 aliphatic heterocycles. The summed E-state index contributed by atoms with van der Waals surface area (Å²) in [5.74, 6) is -0.310. The van der Waals surface area contributed by atoms with Crippen LogP contribution in [0.25, 0.3) is 10.1 Å². The molecule has 7 heteroatoms. The van der Waals surface area contributed by atoms with Crippen molar-refractivity contribution in [1.82, 2.24) is 5.32 Å². The topological polar surface area (TPSA) is 89.3 Å². The third-order valence-electron chi connectivity index (χ3n) is 2.54. The second-order valence-corrected chi connectivity index (χ2v) is 6.94. The molecule has 0 aliphatic rings. The van der Waals surface area contributed by atoms with Crippen LogP contribution in [0.5, 0.6) is 0 Å². The zero-order chi connectivity index (χ0) is 13.9. The molecule has 5 nitrogen and oxygen atoms in total. The van der Waals surface area contributed by atoms with Crippen molar-refractivity contribution in [2.75, 3.05) is 12.3 Å². The van der Waals surface area contributed by atoms with Crippen LogP contribution in [-0.4, -0.2) is 26.6 Å². The molecule has 0 bridgehead atoms. The average Bonchev–Trinajstić information content (AvgIpc) is 2.77. The lowest BCUT2D eigenvalue weighted by atomic mass is 10.2. The molecule has 2 rings (SSSR count). The smallest absolute Gasteiger partial charge is 0.261 e. The molecule has 1 amide bonds. The van der Waals surface area contributed by atoms with Crippen molar-refractivity contribution >= 4 is 37.4 Å². The average molecular weight is 298 g/mol. The Labute approximate surface area is 115 Å². The Morgan fingerprint density at radius 3 is 2.74 bits per heavy atom. The van der Waals surface area contributed by atoms with Gasteiger partial charge in [0.2, 0.25) is 10.0 Å². The van der Waals surface area contributed by atoms with Crippen LogP contribution in [0, 0.1) is 0 Å². The molecule has 3 N–H and O–H groups in total. The summed E-state index contributed by atoms with van der Waals surface area (Å²) in [4.78, 5) is 12.5. The van der Waals surface area contributed by atoms with Gasteiger partial charge in [0.05, 0.1) is 10.6 Å². The van der Waals surface area contributed by atoms with Gasteiger partial charge in [0.1, 0.15) is 0 Å². The van der Waals surface area contributed by atoms with E-state index >= 15 is 0 Å². The molecule has 0 radical (unpaired) electrons. The van der Waals surface area contributed by atoms with Crippen LogP contribution in [0.15, 0.2) is 30.3 Å². The van der Waals surface area contributed by atoms with Gasteiger partial charge in [0.15, 0.2) is 0 Å². The number of carbonyl (C=O) groups is 1. The van der Waals surface area contributed by atoms with Crippen LogP contribution < -0.4 is 10.5 Å². The fourth-order valence-electron chi connectivity index (χ4n) is 1.66. The minimum absolute atomic E-state index is 0.125. The number of nitrogens with two attached hydrogens (primary N) is 1. The van der Waals surface area contributed by atoms with Crippen molar-refractivity contribution in [1.29, 1.82) is 0 Å². The van der Waals surface area contributed by atoms with E-state index in [1.165, 1.54) is 11.3 Å². The van der Waals surface area contributed by atoms with Gasteiger partial charge in [-0.05, 0) is 23.9 Å². The van der Waals surface area contributed by atoms with Gasteiger partial charge in [-0.2, -0.15) is 0 Å². The van der Waals surface area contributed by atoms with Crippen molar-refractivity contribution in [2.24, 2.45) is 5.14 Å². The van der Waals surface area contributed by atoms with Gasteiger partial charge >= 0.3 is 0 Å². The van der Waals surface area contributed by atoms with E-state index in [2.05, 4.69) is 5.32 Å². The highest BCUT2D eigenvalue weighted by molar-refractivity contribution is 7.89. The number of carbonyl (C=O) groups excluding carboxylic acids is 1. The van der Waals surface area contributed by atoms with Gasteiger partial charge in [-0.25, -0.2) is 13.6 Å². The van der Waals surface area contributed by atoms with Gasteiger partial charge in [-0.15, -0.1) is 11.3 Å². The number of thiophene rings is 1. The summed E-state index contributed by atoms with van der Waals surface area (Å²) in [7, 11) is -3.46. The van der Waals surface area contributed by atoms with Crippen LogP contribution in [0.4, 0.5) is 0 Å². The first-order valence-corrected chi connectivity index (χ1v) is 8.26. The van der Waals surface area contributed by atoms with Gasteiger partial charge in [0.25, 0.3) is 5.91 Å². The van der Waals surface area contributed by atoms with Gasteiger partial charge < -0.3 is 5.32 Å². The number of nitrogens with one attached hydrogen (secondary N) is 1. The number of primary sulfonamides is 1. The molecule has 0 aliphatic carbocycles. The quantitative estimate of drug-likeness (QED) is 0.816. The number of sulfonamides is 1. The lowest BCUT2D eigenvalue weighted by Gasteiger charge is -2.02. The summed E-state index contributed by atoms with van der Waals surface area (Å²) in [6.07, 6.45) is 0.315. The first-order valence-electron chi connectivity index (χ1n) is 5.73. The normalized spacial score (nSPS) is 11.6. The van der Waals surface area contributed by atoms with Crippen LogP contribution in [0.1, 0.15) is 16.1 Å². The third-order valence-corrected chi connectivity index (χ3v) is 4.51. The van der Waals surface area contributed by atoms with Crippen LogP contribution in [0.2, 0.25) is 0 Å². The minimum atomic E-state index is -3.46. The molecule has 19 heavy (non-hydrogen) atoms. The summed E-state index contributed by atoms with van der Waals surface area (Å²) in [6.45, 7) is 0.295. The second-order valence-electron chi connectivity index (χ2n) is 4.12. The molecule has 0 unspecified atom stereocenters. The number of hydrogen-bond acceptors (Lipinski definition) is 4. The molecule has 102 valence electrons. The molecule has 1 heterocycles. The van der Waals surface area contributed by atoms with E-state index in [9.17, 15) is 13.2 Å². The third kappa shape index (κ3) is 4.02. The summed E-state index contributed by atoms with van der Waals surface area (Å²) in [6, 6.07) is 9.58. The maximum absolute atomic E-state index is 11.9. The zero-order valence-corrected chi connectivity index (χ0v) is 11.8. The maximum atomic E-state index is 11.9. The van der Waals surface area contributed by atoms with Crippen LogP contribution in [0.3, 0.4) is 0 Å². The highest BCUT2D eigenvalue weighted by Gasteiger charge is 2.10. The molecule has 0 fully saturated rings. The predicted octanol–water partition coefficient (Wildman–Crippen LogP) is 1.31. The Kier molecular flexibility index (Phi) is 4.18. The van der Waals surface area contributed by atoms with Gasteiger partial charge in [-0.1, -0.05) is 18.2 Å². The van der Waals surface area contributed by atoms with E-state index in [4.69, 9.17) is 5.14 Å². The fourth-order valence-corrected chi connectivity index (χ4v) is 3.18. The zero-order valence-electron chi connectivity index (χ0n) is 10.1. The Morgan fingerprint density at radius 1 is 1.32 bits per heavy atom. The molecular weight excluding hydrogens is 284 g/mol. The number of hydrogen-bond donors (Lipinski definition) is 2. The SMILES string of the molecule is NS(=O)(=O)CCCNC(=O)c1cc2ccccc2s1. The Bertz CT molecular complexity index is 659. The van der Waals surface area contributed by atoms with Crippen LogP contribution in [-0.2, 0) is 10.0 Å². The van der Waals surface area contributed by atoms with Crippen LogP contribution >= 0.6 is 11.3 Å². The van der Waals surface area contributed by atoms with E-state index in [1.54, 1.807) is 0 Å². The highest BCUT2D eigenvalue weighted by atomic mass is 32.2. The monoisotopic (exact) mass is 298 g/mol. The van der Waals surface area contributed by atoms with E-state index in [1.807, 2.05) is 30.3 Å².